The second-order valence-corrected chi connectivity index (χ2v) is 9.63. The highest BCUT2D eigenvalue weighted by atomic mass is 32.1. The van der Waals surface area contributed by atoms with E-state index in [2.05, 4.69) is 110 Å². The Morgan fingerprint density at radius 1 is 0.909 bits per heavy atom. The van der Waals surface area contributed by atoms with E-state index in [4.69, 9.17) is 12.6 Å². The first-order chi connectivity index (χ1) is 15.9. The minimum atomic E-state index is -0.0601. The largest absolute Gasteiger partial charge is 0.355 e. The van der Waals surface area contributed by atoms with Crippen molar-refractivity contribution in [1.29, 1.82) is 0 Å². The fourth-order valence-corrected chi connectivity index (χ4v) is 4.84. The topological polar surface area (TPSA) is 24.1 Å². The van der Waals surface area contributed by atoms with E-state index in [9.17, 15) is 0 Å². The summed E-state index contributed by atoms with van der Waals surface area (Å²) in [6, 6.07) is 21.8. The molecule has 2 aliphatic rings. The molecule has 3 aromatic rings. The summed E-state index contributed by atoms with van der Waals surface area (Å²) in [6.45, 7) is 10.8. The van der Waals surface area contributed by atoms with Gasteiger partial charge in [0.05, 0.1) is 5.69 Å². The molecular formula is C30H34N2S. The summed E-state index contributed by atoms with van der Waals surface area (Å²) in [5.74, 6) is 0.609. The average molecular weight is 455 g/mol. The number of thiol groups is 1. The number of anilines is 3. The van der Waals surface area contributed by atoms with Gasteiger partial charge < -0.3 is 10.6 Å². The van der Waals surface area contributed by atoms with Crippen molar-refractivity contribution in [2.75, 3.05) is 10.6 Å². The second-order valence-electron chi connectivity index (χ2n) is 9.14. The van der Waals surface area contributed by atoms with E-state index >= 15 is 0 Å². The highest BCUT2D eigenvalue weighted by Gasteiger charge is 2.32. The van der Waals surface area contributed by atoms with Crippen molar-refractivity contribution in [2.45, 2.75) is 51.3 Å². The highest BCUT2D eigenvalue weighted by molar-refractivity contribution is 7.80. The van der Waals surface area contributed by atoms with Crippen molar-refractivity contribution in [3.05, 3.63) is 95.7 Å². The van der Waals surface area contributed by atoms with Crippen molar-refractivity contribution in [3.8, 4) is 11.1 Å². The summed E-state index contributed by atoms with van der Waals surface area (Å²) in [7, 11) is 0. The molecule has 170 valence electrons. The lowest BCUT2D eigenvalue weighted by Gasteiger charge is -2.36. The molecule has 3 heteroatoms. The van der Waals surface area contributed by atoms with E-state index in [1.54, 1.807) is 0 Å². The third-order valence-electron chi connectivity index (χ3n) is 6.49. The third-order valence-corrected chi connectivity index (χ3v) is 6.86. The van der Waals surface area contributed by atoms with Crippen molar-refractivity contribution < 1.29 is 0 Å². The highest BCUT2D eigenvalue weighted by Crippen LogP contribution is 2.46. The van der Waals surface area contributed by atoms with Gasteiger partial charge in [-0.15, -0.1) is 12.6 Å². The molecule has 0 fully saturated rings. The Balaban J connectivity index is 0.00000126. The van der Waals surface area contributed by atoms with Gasteiger partial charge in [-0.25, -0.2) is 0 Å². The van der Waals surface area contributed by atoms with Crippen LogP contribution in [0.25, 0.3) is 11.1 Å². The van der Waals surface area contributed by atoms with Crippen molar-refractivity contribution in [1.82, 2.24) is 0 Å². The fraction of sp³-hybridized carbons (Fsp3) is 0.267. The molecule has 0 radical (unpaired) electrons. The summed E-state index contributed by atoms with van der Waals surface area (Å²) in [5, 5.41) is 7.12. The van der Waals surface area contributed by atoms with Gasteiger partial charge in [0.1, 0.15) is 0 Å². The van der Waals surface area contributed by atoms with Gasteiger partial charge >= 0.3 is 0 Å². The van der Waals surface area contributed by atoms with Crippen molar-refractivity contribution in [3.63, 3.8) is 0 Å². The maximum atomic E-state index is 4.78. The van der Waals surface area contributed by atoms with E-state index < -0.39 is 0 Å². The van der Waals surface area contributed by atoms with Crippen LogP contribution >= 0.6 is 12.6 Å². The summed E-state index contributed by atoms with van der Waals surface area (Å²) in [4.78, 5) is 0.950. The predicted octanol–water partition coefficient (Wildman–Crippen LogP) is 8.94. The molecular weight excluding hydrogens is 420 g/mol. The lowest BCUT2D eigenvalue weighted by Crippen LogP contribution is -2.25. The first kappa shape index (κ1) is 23.3. The maximum Gasteiger partial charge on any atom is 0.0520 e. The Bertz CT molecular complexity index is 1220. The lowest BCUT2D eigenvalue weighted by atomic mass is 9.73. The van der Waals surface area contributed by atoms with E-state index in [0.717, 1.165) is 22.7 Å². The number of allylic oxidation sites excluding steroid dienone is 3. The molecule has 0 amide bonds. The maximum absolute atomic E-state index is 4.78. The Morgan fingerprint density at radius 2 is 1.61 bits per heavy atom. The van der Waals surface area contributed by atoms with Gasteiger partial charge in [-0.3, -0.25) is 0 Å². The number of hydrogen-bond acceptors (Lipinski definition) is 3. The first-order valence-corrected chi connectivity index (χ1v) is 12.4. The van der Waals surface area contributed by atoms with E-state index in [1.807, 2.05) is 13.8 Å². The number of para-hydroxylation sites is 1. The Labute approximate surface area is 204 Å². The van der Waals surface area contributed by atoms with Crippen LogP contribution in [0.2, 0.25) is 0 Å². The monoisotopic (exact) mass is 454 g/mol. The van der Waals surface area contributed by atoms with Gasteiger partial charge in [0.15, 0.2) is 0 Å². The zero-order valence-electron chi connectivity index (χ0n) is 20.2. The van der Waals surface area contributed by atoms with Crippen LogP contribution in [0.4, 0.5) is 17.1 Å². The van der Waals surface area contributed by atoms with Crippen molar-refractivity contribution in [2.24, 2.45) is 5.92 Å². The molecule has 3 aromatic carbocycles. The Hall–Kier alpha value is -2.91. The molecule has 1 heterocycles. The predicted molar refractivity (Wildman–Crippen MR) is 147 cm³/mol. The molecule has 0 spiro atoms. The number of benzene rings is 3. The van der Waals surface area contributed by atoms with Crippen LogP contribution in [0.5, 0.6) is 0 Å². The fourth-order valence-electron chi connectivity index (χ4n) is 4.57. The number of hydrogen-bond donors (Lipinski definition) is 3. The van der Waals surface area contributed by atoms with Crippen molar-refractivity contribution >= 4 is 29.7 Å². The number of rotatable bonds is 3. The van der Waals surface area contributed by atoms with Crippen LogP contribution in [0.15, 0.2) is 89.5 Å². The summed E-state index contributed by atoms with van der Waals surface area (Å²) in [6.07, 6.45) is 7.73. The molecule has 33 heavy (non-hydrogen) atoms. The van der Waals surface area contributed by atoms with E-state index in [0.29, 0.717) is 5.92 Å². The molecule has 0 aromatic heterocycles. The molecule has 2 nitrogen and oxygen atoms in total. The van der Waals surface area contributed by atoms with Crippen LogP contribution in [-0.4, -0.2) is 0 Å². The Morgan fingerprint density at radius 3 is 2.33 bits per heavy atom. The van der Waals surface area contributed by atoms with Crippen LogP contribution in [0.1, 0.15) is 52.2 Å². The number of nitrogens with one attached hydrogen (secondary N) is 2. The molecule has 0 saturated carbocycles. The average Bonchev–Trinajstić information content (AvgIpc) is 2.83. The van der Waals surface area contributed by atoms with E-state index in [1.165, 1.54) is 33.6 Å². The quantitative estimate of drug-likeness (QED) is 0.344. The van der Waals surface area contributed by atoms with Gasteiger partial charge in [-0.05, 0) is 71.0 Å². The zero-order chi connectivity index (χ0) is 23.6. The van der Waals surface area contributed by atoms with Crippen LogP contribution in [-0.2, 0) is 5.41 Å². The van der Waals surface area contributed by atoms with Gasteiger partial charge in [0, 0.05) is 27.4 Å². The summed E-state index contributed by atoms with van der Waals surface area (Å²) in [5.41, 5.74) is 9.52. The third kappa shape index (κ3) is 4.60. The molecule has 1 aliphatic carbocycles. The minimum absolute atomic E-state index is 0.0601. The van der Waals surface area contributed by atoms with Crippen LogP contribution in [0.3, 0.4) is 0 Å². The first-order valence-electron chi connectivity index (χ1n) is 11.9. The number of fused-ring (bicyclic) bond motifs is 2. The second kappa shape index (κ2) is 9.52. The smallest absolute Gasteiger partial charge is 0.0520 e. The molecule has 1 atom stereocenters. The summed E-state index contributed by atoms with van der Waals surface area (Å²) < 4.78 is 0. The lowest BCUT2D eigenvalue weighted by molar-refractivity contribution is 0.638. The van der Waals surface area contributed by atoms with Gasteiger partial charge in [0.2, 0.25) is 0 Å². The normalized spacial score (nSPS) is 17.5. The minimum Gasteiger partial charge on any atom is -0.355 e. The standard InChI is InChI=1S/C28H28N2S.C2H6/c1-18-8-12-21(13-9-18)29-26-15-11-20(17-27(26)31)19-10-14-25-23(16-19)28(2,3)22-6-4-5-7-24(22)30-25;1-2/h4-8,10-18,29-31H,9H2,1-3H3;1-2H3. The zero-order valence-corrected chi connectivity index (χ0v) is 21.1. The summed E-state index contributed by atoms with van der Waals surface area (Å²) >= 11 is 4.78. The molecule has 5 rings (SSSR count). The molecule has 1 aliphatic heterocycles. The van der Waals surface area contributed by atoms with Crippen LogP contribution < -0.4 is 10.6 Å². The van der Waals surface area contributed by atoms with Crippen LogP contribution in [0, 0.1) is 5.92 Å². The molecule has 1 unspecified atom stereocenters. The molecule has 0 bridgehead atoms. The molecule has 2 N–H and O–H groups in total. The SMILES string of the molecule is CC.CC1C=CC(Nc2ccc(-c3ccc4c(c3)C(C)(C)c3ccccc3N4)cc2S)=CC1. The van der Waals surface area contributed by atoms with Gasteiger partial charge in [-0.1, -0.05) is 77.1 Å². The molecule has 0 saturated heterocycles. The Kier molecular flexibility index (Phi) is 6.71. The van der Waals surface area contributed by atoms with Gasteiger partial charge in [-0.2, -0.15) is 0 Å². The van der Waals surface area contributed by atoms with Gasteiger partial charge in [0.25, 0.3) is 0 Å². The van der Waals surface area contributed by atoms with E-state index in [-0.39, 0.29) is 5.41 Å².